The molecular weight excluding hydrogens is 304 g/mol. The van der Waals surface area contributed by atoms with Gasteiger partial charge in [-0.2, -0.15) is 10.4 Å². The van der Waals surface area contributed by atoms with E-state index in [4.69, 9.17) is 10.00 Å². The third-order valence-corrected chi connectivity index (χ3v) is 3.75. The zero-order valence-corrected chi connectivity index (χ0v) is 13.4. The lowest BCUT2D eigenvalue weighted by molar-refractivity contribution is 0.410. The molecule has 0 unspecified atom stereocenters. The molecule has 2 aromatic heterocycles. The Bertz CT molecular complexity index is 867. The second kappa shape index (κ2) is 7.42. The molecule has 0 radical (unpaired) electrons. The van der Waals surface area contributed by atoms with E-state index < -0.39 is 0 Å². The quantitative estimate of drug-likeness (QED) is 0.718. The van der Waals surface area contributed by atoms with Crippen LogP contribution in [0.25, 0.3) is 11.0 Å². The number of aromatic nitrogens is 4. The number of nitrogens with zero attached hydrogens (tertiary/aromatic N) is 5. The summed E-state index contributed by atoms with van der Waals surface area (Å²) in [7, 11) is 1.68. The number of hydrogen-bond acceptors (Lipinski definition) is 6. The Morgan fingerprint density at radius 3 is 3.00 bits per heavy atom. The largest absolute Gasteiger partial charge is 0.496 e. The van der Waals surface area contributed by atoms with Crippen LogP contribution >= 0.6 is 0 Å². The highest BCUT2D eigenvalue weighted by atomic mass is 16.5. The molecule has 0 amide bonds. The minimum Gasteiger partial charge on any atom is -0.496 e. The third-order valence-electron chi connectivity index (χ3n) is 3.75. The summed E-state index contributed by atoms with van der Waals surface area (Å²) in [4.78, 5) is 8.57. The van der Waals surface area contributed by atoms with Gasteiger partial charge in [0.1, 0.15) is 17.9 Å². The van der Waals surface area contributed by atoms with Crippen LogP contribution in [0.5, 0.6) is 5.75 Å². The number of fused-ring (bicyclic) bond motifs is 1. The molecule has 0 atom stereocenters. The minimum absolute atomic E-state index is 0.400. The molecule has 0 spiro atoms. The molecule has 3 aromatic rings. The molecule has 0 aliphatic rings. The van der Waals surface area contributed by atoms with Crippen molar-refractivity contribution in [3.05, 3.63) is 42.4 Å². The van der Waals surface area contributed by atoms with Crippen LogP contribution in [-0.4, -0.2) is 33.4 Å². The number of hydrogen-bond donors (Lipinski definition) is 1. The summed E-state index contributed by atoms with van der Waals surface area (Å²) in [6, 6.07) is 10.1. The van der Waals surface area contributed by atoms with Crippen molar-refractivity contribution in [2.24, 2.45) is 0 Å². The van der Waals surface area contributed by atoms with Gasteiger partial charge in [0.25, 0.3) is 0 Å². The fraction of sp³-hybridized carbons (Fsp3) is 0.294. The lowest BCUT2D eigenvalue weighted by Gasteiger charge is -2.09. The molecular formula is C17H18N6O. The molecule has 0 aliphatic heterocycles. The standard InChI is InChI=1S/C17H18N6O/c1-24-15-6-3-2-5-13(15)7-9-19-16-14-11-22-23(10-4-8-18)17(14)21-12-20-16/h2-3,5-6,11-12H,4,7,9-10H2,1H3,(H,19,20,21). The van der Waals surface area contributed by atoms with Crippen LogP contribution in [0.3, 0.4) is 0 Å². The van der Waals surface area contributed by atoms with E-state index in [1.54, 1.807) is 18.0 Å². The van der Waals surface area contributed by atoms with Gasteiger partial charge in [0, 0.05) is 6.54 Å². The molecule has 24 heavy (non-hydrogen) atoms. The normalized spacial score (nSPS) is 10.5. The van der Waals surface area contributed by atoms with Crippen molar-refractivity contribution in [1.82, 2.24) is 19.7 Å². The summed E-state index contributed by atoms with van der Waals surface area (Å²) in [5, 5.41) is 17.2. The van der Waals surface area contributed by atoms with Crippen molar-refractivity contribution in [2.45, 2.75) is 19.4 Å². The van der Waals surface area contributed by atoms with Crippen molar-refractivity contribution in [3.8, 4) is 11.8 Å². The predicted molar refractivity (Wildman–Crippen MR) is 90.7 cm³/mol. The summed E-state index contributed by atoms with van der Waals surface area (Å²) in [6.07, 6.45) is 4.46. The maximum Gasteiger partial charge on any atom is 0.163 e. The van der Waals surface area contributed by atoms with E-state index >= 15 is 0 Å². The lowest BCUT2D eigenvalue weighted by Crippen LogP contribution is -2.08. The number of anilines is 1. The highest BCUT2D eigenvalue weighted by molar-refractivity contribution is 5.86. The minimum atomic E-state index is 0.400. The summed E-state index contributed by atoms with van der Waals surface area (Å²) in [6.45, 7) is 1.24. The number of nitriles is 1. The van der Waals surface area contributed by atoms with Crippen molar-refractivity contribution >= 4 is 16.9 Å². The maximum atomic E-state index is 8.71. The van der Waals surface area contributed by atoms with Crippen LogP contribution in [0.1, 0.15) is 12.0 Å². The average molecular weight is 322 g/mol. The second-order valence-corrected chi connectivity index (χ2v) is 5.22. The zero-order valence-electron chi connectivity index (χ0n) is 13.4. The van der Waals surface area contributed by atoms with Gasteiger partial charge in [-0.25, -0.2) is 14.6 Å². The number of rotatable bonds is 7. The zero-order chi connectivity index (χ0) is 16.8. The molecule has 0 aliphatic carbocycles. The van der Waals surface area contributed by atoms with Crippen molar-refractivity contribution in [2.75, 3.05) is 19.0 Å². The summed E-state index contributed by atoms with van der Waals surface area (Å²) >= 11 is 0. The molecule has 0 fully saturated rings. The van der Waals surface area contributed by atoms with E-state index in [0.717, 1.165) is 41.1 Å². The van der Waals surface area contributed by atoms with Crippen LogP contribution in [-0.2, 0) is 13.0 Å². The SMILES string of the molecule is COc1ccccc1CCNc1ncnc2c1cnn2CCC#N. The first-order chi connectivity index (χ1) is 11.8. The van der Waals surface area contributed by atoms with Gasteiger partial charge in [0.05, 0.1) is 37.7 Å². The van der Waals surface area contributed by atoms with Crippen LogP contribution < -0.4 is 10.1 Å². The van der Waals surface area contributed by atoms with E-state index in [1.807, 2.05) is 18.2 Å². The Morgan fingerprint density at radius 2 is 2.17 bits per heavy atom. The molecule has 0 saturated carbocycles. The topological polar surface area (TPSA) is 88.7 Å². The van der Waals surface area contributed by atoms with Gasteiger partial charge in [-0.05, 0) is 18.1 Å². The predicted octanol–water partition coefficient (Wildman–Crippen LogP) is 2.40. The second-order valence-electron chi connectivity index (χ2n) is 5.22. The first kappa shape index (κ1) is 15.7. The average Bonchev–Trinajstić information content (AvgIpc) is 3.04. The van der Waals surface area contributed by atoms with Crippen molar-refractivity contribution in [3.63, 3.8) is 0 Å². The number of ether oxygens (including phenoxy) is 1. The number of methoxy groups -OCH3 is 1. The number of benzene rings is 1. The Hall–Kier alpha value is -3.14. The molecule has 122 valence electrons. The Morgan fingerprint density at radius 1 is 1.29 bits per heavy atom. The van der Waals surface area contributed by atoms with Gasteiger partial charge in [-0.3, -0.25) is 0 Å². The van der Waals surface area contributed by atoms with Gasteiger partial charge >= 0.3 is 0 Å². The lowest BCUT2D eigenvalue weighted by atomic mass is 10.1. The van der Waals surface area contributed by atoms with Crippen LogP contribution in [0.2, 0.25) is 0 Å². The van der Waals surface area contributed by atoms with Crippen LogP contribution in [0.15, 0.2) is 36.8 Å². The Labute approximate surface area is 139 Å². The highest BCUT2D eigenvalue weighted by Gasteiger charge is 2.09. The maximum absolute atomic E-state index is 8.71. The molecule has 3 rings (SSSR count). The van der Waals surface area contributed by atoms with Gasteiger partial charge in [0.2, 0.25) is 0 Å². The van der Waals surface area contributed by atoms with E-state index in [1.165, 1.54) is 6.33 Å². The molecule has 0 bridgehead atoms. The van der Waals surface area contributed by atoms with E-state index in [-0.39, 0.29) is 0 Å². The summed E-state index contributed by atoms with van der Waals surface area (Å²) < 4.78 is 7.09. The van der Waals surface area contributed by atoms with Crippen molar-refractivity contribution < 1.29 is 4.74 Å². The molecule has 7 heteroatoms. The smallest absolute Gasteiger partial charge is 0.163 e. The number of para-hydroxylation sites is 1. The fourth-order valence-electron chi connectivity index (χ4n) is 2.58. The van der Waals surface area contributed by atoms with Gasteiger partial charge in [-0.15, -0.1) is 0 Å². The summed E-state index contributed by atoms with van der Waals surface area (Å²) in [5.74, 6) is 1.63. The van der Waals surface area contributed by atoms with E-state index in [9.17, 15) is 0 Å². The van der Waals surface area contributed by atoms with Crippen LogP contribution in [0.4, 0.5) is 5.82 Å². The third kappa shape index (κ3) is 3.27. The Balaban J connectivity index is 1.71. The molecule has 2 heterocycles. The molecule has 7 nitrogen and oxygen atoms in total. The molecule has 1 aromatic carbocycles. The number of aryl methyl sites for hydroxylation is 1. The highest BCUT2D eigenvalue weighted by Crippen LogP contribution is 2.20. The fourth-order valence-corrected chi connectivity index (χ4v) is 2.58. The first-order valence-corrected chi connectivity index (χ1v) is 7.72. The Kier molecular flexibility index (Phi) is 4.87. The first-order valence-electron chi connectivity index (χ1n) is 7.72. The molecule has 0 saturated heterocycles. The van der Waals surface area contributed by atoms with Gasteiger partial charge in [0.15, 0.2) is 5.65 Å². The summed E-state index contributed by atoms with van der Waals surface area (Å²) in [5.41, 5.74) is 1.88. The van der Waals surface area contributed by atoms with Gasteiger partial charge < -0.3 is 10.1 Å². The van der Waals surface area contributed by atoms with Crippen molar-refractivity contribution in [1.29, 1.82) is 5.26 Å². The van der Waals surface area contributed by atoms with E-state index in [2.05, 4.69) is 32.5 Å². The molecule has 1 N–H and O–H groups in total. The van der Waals surface area contributed by atoms with Gasteiger partial charge in [-0.1, -0.05) is 18.2 Å². The monoisotopic (exact) mass is 322 g/mol. The van der Waals surface area contributed by atoms with Crippen LogP contribution in [0, 0.1) is 11.3 Å². The number of nitrogens with one attached hydrogen (secondary N) is 1. The van der Waals surface area contributed by atoms with E-state index in [0.29, 0.717) is 13.0 Å².